The quantitative estimate of drug-likeness (QED) is 0.653. The minimum atomic E-state index is -0.396. The number of aromatic amines is 1. The van der Waals surface area contributed by atoms with Crippen LogP contribution in [0, 0.1) is 6.92 Å². The number of aromatic nitrogens is 5. The van der Waals surface area contributed by atoms with Crippen molar-refractivity contribution in [2.24, 2.45) is 0 Å². The average molecular weight is 440 g/mol. The van der Waals surface area contributed by atoms with Crippen LogP contribution in [0.2, 0.25) is 0 Å². The zero-order valence-electron chi connectivity index (χ0n) is 12.0. The van der Waals surface area contributed by atoms with Gasteiger partial charge in [-0.3, -0.25) is 15.2 Å². The standard InChI is InChI=1S/C14H12Br2N6O/c1-8-4-2-3-5-9(8)6-22-7-17-14(21-22)18-13(23)11-10(15)12(16)20-19-11/h2-5,7H,6H2,1H3,(H,19,20)(H,18,21,23). The molecule has 3 rings (SSSR count). The van der Waals surface area contributed by atoms with Gasteiger partial charge in [-0.15, -0.1) is 5.10 Å². The van der Waals surface area contributed by atoms with Gasteiger partial charge in [0.1, 0.15) is 10.9 Å². The maximum absolute atomic E-state index is 12.1. The summed E-state index contributed by atoms with van der Waals surface area (Å²) in [7, 11) is 0. The number of nitrogens with one attached hydrogen (secondary N) is 2. The average Bonchev–Trinajstić information content (AvgIpc) is 3.09. The number of hydrogen-bond acceptors (Lipinski definition) is 4. The first-order valence-corrected chi connectivity index (χ1v) is 8.28. The Morgan fingerprint density at radius 2 is 2.13 bits per heavy atom. The molecule has 7 nitrogen and oxygen atoms in total. The van der Waals surface area contributed by atoms with Crippen LogP contribution in [0.3, 0.4) is 0 Å². The van der Waals surface area contributed by atoms with Crippen molar-refractivity contribution in [1.29, 1.82) is 0 Å². The predicted molar refractivity (Wildman–Crippen MR) is 92.2 cm³/mol. The molecule has 0 bridgehead atoms. The van der Waals surface area contributed by atoms with E-state index in [0.717, 1.165) is 5.56 Å². The molecule has 0 fully saturated rings. The summed E-state index contributed by atoms with van der Waals surface area (Å²) in [6, 6.07) is 8.05. The molecule has 0 aliphatic heterocycles. The van der Waals surface area contributed by atoms with Crippen LogP contribution >= 0.6 is 31.9 Å². The monoisotopic (exact) mass is 438 g/mol. The van der Waals surface area contributed by atoms with E-state index in [4.69, 9.17) is 0 Å². The molecule has 9 heteroatoms. The van der Waals surface area contributed by atoms with E-state index in [1.165, 1.54) is 5.56 Å². The van der Waals surface area contributed by atoms with Crippen molar-refractivity contribution in [1.82, 2.24) is 25.0 Å². The van der Waals surface area contributed by atoms with Crippen LogP contribution in [0.25, 0.3) is 0 Å². The Bertz CT molecular complexity index is 857. The van der Waals surface area contributed by atoms with E-state index in [2.05, 4.69) is 57.5 Å². The first-order chi connectivity index (χ1) is 11.0. The Balaban J connectivity index is 1.71. The summed E-state index contributed by atoms with van der Waals surface area (Å²) in [6.07, 6.45) is 1.58. The van der Waals surface area contributed by atoms with Gasteiger partial charge < -0.3 is 0 Å². The van der Waals surface area contributed by atoms with E-state index in [1.807, 2.05) is 31.2 Å². The van der Waals surface area contributed by atoms with Crippen LogP contribution < -0.4 is 5.32 Å². The van der Waals surface area contributed by atoms with Crippen molar-refractivity contribution in [3.8, 4) is 0 Å². The summed E-state index contributed by atoms with van der Waals surface area (Å²) in [5, 5.41) is 13.4. The Labute approximate surface area is 148 Å². The molecular formula is C14H12Br2N6O. The normalized spacial score (nSPS) is 10.7. The number of hydrogen-bond donors (Lipinski definition) is 2. The molecular weight excluding hydrogens is 428 g/mol. The van der Waals surface area contributed by atoms with E-state index >= 15 is 0 Å². The molecule has 118 valence electrons. The van der Waals surface area contributed by atoms with Crippen molar-refractivity contribution in [3.63, 3.8) is 0 Å². The molecule has 1 amide bonds. The number of amides is 1. The number of rotatable bonds is 4. The number of aryl methyl sites for hydroxylation is 1. The number of carbonyl (C=O) groups excluding carboxylic acids is 1. The fraction of sp³-hybridized carbons (Fsp3) is 0.143. The molecule has 0 saturated heterocycles. The largest absolute Gasteiger partial charge is 0.288 e. The van der Waals surface area contributed by atoms with Crippen LogP contribution in [0.5, 0.6) is 0 Å². The van der Waals surface area contributed by atoms with Crippen molar-refractivity contribution in [2.75, 3.05) is 5.32 Å². The predicted octanol–water partition coefficient (Wildman–Crippen LogP) is 3.14. The molecule has 1 aromatic carbocycles. The molecule has 0 saturated carbocycles. The zero-order chi connectivity index (χ0) is 16.4. The van der Waals surface area contributed by atoms with Crippen LogP contribution in [0.1, 0.15) is 21.6 Å². The first kappa shape index (κ1) is 15.9. The summed E-state index contributed by atoms with van der Waals surface area (Å²) in [5.41, 5.74) is 2.56. The molecule has 2 aromatic heterocycles. The lowest BCUT2D eigenvalue weighted by Crippen LogP contribution is -2.14. The van der Waals surface area contributed by atoms with Gasteiger partial charge in [-0.2, -0.15) is 5.10 Å². The lowest BCUT2D eigenvalue weighted by atomic mass is 10.1. The van der Waals surface area contributed by atoms with Crippen molar-refractivity contribution in [3.05, 3.63) is 56.5 Å². The smallest absolute Gasteiger partial charge is 0.279 e. The molecule has 0 unspecified atom stereocenters. The minimum Gasteiger partial charge on any atom is -0.288 e. The highest BCUT2D eigenvalue weighted by molar-refractivity contribution is 9.13. The third-order valence-corrected chi connectivity index (χ3v) is 5.11. The van der Waals surface area contributed by atoms with Crippen LogP contribution in [0.15, 0.2) is 39.7 Å². The van der Waals surface area contributed by atoms with E-state index in [1.54, 1.807) is 11.0 Å². The van der Waals surface area contributed by atoms with E-state index in [-0.39, 0.29) is 11.6 Å². The molecule has 2 N–H and O–H groups in total. The van der Waals surface area contributed by atoms with Gasteiger partial charge in [0, 0.05) is 0 Å². The number of H-pyrrole nitrogens is 1. The maximum atomic E-state index is 12.1. The highest BCUT2D eigenvalue weighted by atomic mass is 79.9. The Morgan fingerprint density at radius 3 is 2.83 bits per heavy atom. The molecule has 0 aliphatic carbocycles. The van der Waals surface area contributed by atoms with Gasteiger partial charge >= 0.3 is 0 Å². The van der Waals surface area contributed by atoms with Gasteiger partial charge in [-0.25, -0.2) is 9.67 Å². The second-order valence-electron chi connectivity index (χ2n) is 4.85. The van der Waals surface area contributed by atoms with Gasteiger partial charge in [-0.1, -0.05) is 24.3 Å². The Morgan fingerprint density at radius 1 is 1.35 bits per heavy atom. The van der Waals surface area contributed by atoms with Crippen molar-refractivity contribution < 1.29 is 4.79 Å². The highest BCUT2D eigenvalue weighted by Gasteiger charge is 2.18. The molecule has 0 aliphatic rings. The van der Waals surface area contributed by atoms with E-state index in [0.29, 0.717) is 15.6 Å². The topological polar surface area (TPSA) is 88.5 Å². The Kier molecular flexibility index (Phi) is 4.58. The summed E-state index contributed by atoms with van der Waals surface area (Å²) in [6.45, 7) is 2.63. The molecule has 0 spiro atoms. The van der Waals surface area contributed by atoms with Gasteiger partial charge in [0.25, 0.3) is 5.91 Å². The van der Waals surface area contributed by atoms with Gasteiger partial charge in [0.15, 0.2) is 5.69 Å². The lowest BCUT2D eigenvalue weighted by Gasteiger charge is -2.04. The number of benzene rings is 1. The van der Waals surface area contributed by atoms with Gasteiger partial charge in [0.2, 0.25) is 5.95 Å². The van der Waals surface area contributed by atoms with E-state index < -0.39 is 5.91 Å². The SMILES string of the molecule is Cc1ccccc1Cn1cnc(NC(=O)c2n[nH]c(Br)c2Br)n1. The fourth-order valence-corrected chi connectivity index (χ4v) is 2.64. The number of carbonyl (C=O) groups is 1. The van der Waals surface area contributed by atoms with Crippen molar-refractivity contribution in [2.45, 2.75) is 13.5 Å². The summed E-state index contributed by atoms with van der Waals surface area (Å²) in [5.74, 6) is -0.165. The summed E-state index contributed by atoms with van der Waals surface area (Å²) < 4.78 is 2.82. The highest BCUT2D eigenvalue weighted by Crippen LogP contribution is 2.24. The number of halogens is 2. The molecule has 2 heterocycles. The first-order valence-electron chi connectivity index (χ1n) is 6.69. The van der Waals surface area contributed by atoms with E-state index in [9.17, 15) is 4.79 Å². The minimum absolute atomic E-state index is 0.229. The second kappa shape index (κ2) is 6.63. The maximum Gasteiger partial charge on any atom is 0.279 e. The molecule has 0 atom stereocenters. The molecule has 23 heavy (non-hydrogen) atoms. The summed E-state index contributed by atoms with van der Waals surface area (Å²) >= 11 is 6.51. The number of anilines is 1. The van der Waals surface area contributed by atoms with Gasteiger partial charge in [-0.05, 0) is 49.9 Å². The summed E-state index contributed by atoms with van der Waals surface area (Å²) in [4.78, 5) is 16.2. The van der Waals surface area contributed by atoms with Crippen molar-refractivity contribution >= 4 is 43.7 Å². The van der Waals surface area contributed by atoms with Gasteiger partial charge in [0.05, 0.1) is 11.0 Å². The number of nitrogens with zero attached hydrogens (tertiary/aromatic N) is 4. The third-order valence-electron chi connectivity index (χ3n) is 3.24. The fourth-order valence-electron chi connectivity index (χ4n) is 2.01. The lowest BCUT2D eigenvalue weighted by molar-refractivity contribution is 0.102. The van der Waals surface area contributed by atoms with Crippen LogP contribution in [-0.2, 0) is 6.54 Å². The van der Waals surface area contributed by atoms with Crippen LogP contribution in [-0.4, -0.2) is 30.9 Å². The second-order valence-corrected chi connectivity index (χ2v) is 6.43. The Hall–Kier alpha value is -2.00. The third kappa shape index (κ3) is 3.50. The van der Waals surface area contributed by atoms with Crippen LogP contribution in [0.4, 0.5) is 5.95 Å². The molecule has 3 aromatic rings. The zero-order valence-corrected chi connectivity index (χ0v) is 15.2. The molecule has 0 radical (unpaired) electrons.